The molecule has 0 radical (unpaired) electrons. The summed E-state index contributed by atoms with van der Waals surface area (Å²) in [6, 6.07) is 14.6. The molecule has 2 rings (SSSR count). The van der Waals surface area contributed by atoms with Gasteiger partial charge >= 0.3 is 0 Å². The Hall–Kier alpha value is -2.05. The van der Waals surface area contributed by atoms with Crippen molar-refractivity contribution in [1.29, 1.82) is 0 Å². The summed E-state index contributed by atoms with van der Waals surface area (Å²) in [6.07, 6.45) is 0.835. The van der Waals surface area contributed by atoms with Crippen LogP contribution in [0.5, 0.6) is 11.5 Å². The van der Waals surface area contributed by atoms with Gasteiger partial charge in [0.15, 0.2) is 0 Å². The van der Waals surface area contributed by atoms with E-state index in [1.807, 2.05) is 37.3 Å². The SMILES string of the molecule is CCC(CNS(=O)(=O)c1cc(OC)ccc1OC)c1ccccc1. The van der Waals surface area contributed by atoms with Crippen molar-refractivity contribution in [3.63, 3.8) is 0 Å². The highest BCUT2D eigenvalue weighted by Gasteiger charge is 2.22. The van der Waals surface area contributed by atoms with Gasteiger partial charge in [0.2, 0.25) is 10.0 Å². The number of rotatable bonds is 8. The summed E-state index contributed by atoms with van der Waals surface area (Å²) in [5.74, 6) is 0.861. The van der Waals surface area contributed by atoms with Crippen molar-refractivity contribution in [3.05, 3.63) is 54.1 Å². The summed E-state index contributed by atoms with van der Waals surface area (Å²) >= 11 is 0. The molecule has 0 aromatic heterocycles. The van der Waals surface area contributed by atoms with Gasteiger partial charge in [0, 0.05) is 12.6 Å². The van der Waals surface area contributed by atoms with E-state index in [2.05, 4.69) is 4.72 Å². The van der Waals surface area contributed by atoms with Crippen molar-refractivity contribution in [2.75, 3.05) is 20.8 Å². The summed E-state index contributed by atoms with van der Waals surface area (Å²) in [5, 5.41) is 0. The monoisotopic (exact) mass is 349 g/mol. The third-order valence-corrected chi connectivity index (χ3v) is 5.39. The number of hydrogen-bond donors (Lipinski definition) is 1. The molecule has 2 aromatic rings. The first-order valence-corrected chi connectivity index (χ1v) is 9.26. The molecule has 0 aliphatic rings. The normalized spacial score (nSPS) is 12.6. The highest BCUT2D eigenvalue weighted by atomic mass is 32.2. The molecule has 0 saturated heterocycles. The largest absolute Gasteiger partial charge is 0.497 e. The Morgan fingerprint density at radius 3 is 2.33 bits per heavy atom. The van der Waals surface area contributed by atoms with Gasteiger partial charge in [-0.3, -0.25) is 0 Å². The summed E-state index contributed by atoms with van der Waals surface area (Å²) < 4.78 is 38.3. The molecule has 1 N–H and O–H groups in total. The Labute approximate surface area is 143 Å². The third-order valence-electron chi connectivity index (χ3n) is 3.94. The van der Waals surface area contributed by atoms with E-state index in [4.69, 9.17) is 9.47 Å². The average molecular weight is 349 g/mol. The first kappa shape index (κ1) is 18.3. The predicted molar refractivity (Wildman–Crippen MR) is 94.2 cm³/mol. The summed E-state index contributed by atoms with van der Waals surface area (Å²) in [5.41, 5.74) is 1.11. The zero-order chi connectivity index (χ0) is 17.6. The summed E-state index contributed by atoms with van der Waals surface area (Å²) in [6.45, 7) is 2.36. The molecule has 0 fully saturated rings. The Morgan fingerprint density at radius 1 is 1.04 bits per heavy atom. The van der Waals surface area contributed by atoms with Crippen molar-refractivity contribution in [2.45, 2.75) is 24.2 Å². The quantitative estimate of drug-likeness (QED) is 0.795. The van der Waals surface area contributed by atoms with Crippen LogP contribution in [0.15, 0.2) is 53.4 Å². The molecule has 0 saturated carbocycles. The smallest absolute Gasteiger partial charge is 0.244 e. The van der Waals surface area contributed by atoms with Crippen LogP contribution in [-0.4, -0.2) is 29.2 Å². The van der Waals surface area contributed by atoms with E-state index in [-0.39, 0.29) is 16.6 Å². The van der Waals surface area contributed by atoms with Crippen LogP contribution in [0.4, 0.5) is 0 Å². The second-order valence-corrected chi connectivity index (χ2v) is 7.12. The number of sulfonamides is 1. The minimum atomic E-state index is -3.70. The number of hydrogen-bond acceptors (Lipinski definition) is 4. The maximum absolute atomic E-state index is 12.7. The minimum Gasteiger partial charge on any atom is -0.497 e. The number of nitrogens with one attached hydrogen (secondary N) is 1. The lowest BCUT2D eigenvalue weighted by atomic mass is 9.97. The Kier molecular flexibility index (Phi) is 6.23. The fraction of sp³-hybridized carbons (Fsp3) is 0.333. The first-order valence-electron chi connectivity index (χ1n) is 7.78. The van der Waals surface area contributed by atoms with Crippen molar-refractivity contribution < 1.29 is 17.9 Å². The van der Waals surface area contributed by atoms with Gasteiger partial charge in [0.1, 0.15) is 16.4 Å². The zero-order valence-electron chi connectivity index (χ0n) is 14.2. The van der Waals surface area contributed by atoms with E-state index in [0.717, 1.165) is 12.0 Å². The van der Waals surface area contributed by atoms with Crippen LogP contribution in [0.2, 0.25) is 0 Å². The number of benzene rings is 2. The minimum absolute atomic E-state index is 0.0762. The second-order valence-electron chi connectivity index (χ2n) is 5.38. The fourth-order valence-electron chi connectivity index (χ4n) is 2.51. The molecule has 130 valence electrons. The molecule has 2 aromatic carbocycles. The lowest BCUT2D eigenvalue weighted by Crippen LogP contribution is -2.28. The molecule has 6 heteroatoms. The van der Waals surface area contributed by atoms with Crippen LogP contribution in [-0.2, 0) is 10.0 Å². The Bertz CT molecular complexity index is 760. The van der Waals surface area contributed by atoms with E-state index >= 15 is 0 Å². The van der Waals surface area contributed by atoms with Gasteiger partial charge in [0.05, 0.1) is 14.2 Å². The van der Waals surface area contributed by atoms with Crippen molar-refractivity contribution >= 4 is 10.0 Å². The Morgan fingerprint density at radius 2 is 1.75 bits per heavy atom. The first-order chi connectivity index (χ1) is 11.5. The average Bonchev–Trinajstić information content (AvgIpc) is 2.62. The van der Waals surface area contributed by atoms with E-state index < -0.39 is 10.0 Å². The lowest BCUT2D eigenvalue weighted by Gasteiger charge is -2.17. The molecular weight excluding hydrogens is 326 g/mol. The van der Waals surface area contributed by atoms with E-state index in [9.17, 15) is 8.42 Å². The summed E-state index contributed by atoms with van der Waals surface area (Å²) in [4.78, 5) is 0.0762. The van der Waals surface area contributed by atoms with Gasteiger partial charge in [0.25, 0.3) is 0 Å². The highest BCUT2D eigenvalue weighted by molar-refractivity contribution is 7.89. The number of methoxy groups -OCH3 is 2. The van der Waals surface area contributed by atoms with Gasteiger partial charge < -0.3 is 9.47 Å². The van der Waals surface area contributed by atoms with Crippen molar-refractivity contribution in [1.82, 2.24) is 4.72 Å². The maximum atomic E-state index is 12.7. The lowest BCUT2D eigenvalue weighted by molar-refractivity contribution is 0.392. The molecule has 1 unspecified atom stereocenters. The topological polar surface area (TPSA) is 64.6 Å². The molecule has 0 amide bonds. The van der Waals surface area contributed by atoms with Gasteiger partial charge in [-0.2, -0.15) is 0 Å². The van der Waals surface area contributed by atoms with E-state index in [0.29, 0.717) is 12.3 Å². The number of ether oxygens (including phenoxy) is 2. The van der Waals surface area contributed by atoms with Gasteiger partial charge in [-0.05, 0) is 30.0 Å². The highest BCUT2D eigenvalue weighted by Crippen LogP contribution is 2.28. The standard InChI is InChI=1S/C18H23NO4S/c1-4-14(15-8-6-5-7-9-15)13-19-24(20,21)18-12-16(22-2)10-11-17(18)23-3/h5-12,14,19H,4,13H2,1-3H3. The third kappa shape index (κ3) is 4.27. The van der Waals surface area contributed by atoms with Crippen LogP contribution in [0.25, 0.3) is 0 Å². The van der Waals surface area contributed by atoms with Crippen molar-refractivity contribution in [2.24, 2.45) is 0 Å². The molecule has 0 aliphatic heterocycles. The molecular formula is C18H23NO4S. The molecule has 0 heterocycles. The molecule has 5 nitrogen and oxygen atoms in total. The molecule has 0 bridgehead atoms. The molecule has 24 heavy (non-hydrogen) atoms. The van der Waals surface area contributed by atoms with Gasteiger partial charge in [-0.15, -0.1) is 0 Å². The van der Waals surface area contributed by atoms with Crippen LogP contribution in [0.1, 0.15) is 24.8 Å². The zero-order valence-corrected chi connectivity index (χ0v) is 15.0. The predicted octanol–water partition coefficient (Wildman–Crippen LogP) is 3.18. The van der Waals surface area contributed by atoms with Crippen molar-refractivity contribution in [3.8, 4) is 11.5 Å². The fourth-order valence-corrected chi connectivity index (χ4v) is 3.77. The van der Waals surface area contributed by atoms with Gasteiger partial charge in [-0.1, -0.05) is 37.3 Å². The second kappa shape index (κ2) is 8.17. The van der Waals surface area contributed by atoms with Crippen LogP contribution < -0.4 is 14.2 Å². The van der Waals surface area contributed by atoms with E-state index in [1.165, 1.54) is 20.3 Å². The van der Waals surface area contributed by atoms with E-state index in [1.54, 1.807) is 12.1 Å². The molecule has 0 aliphatic carbocycles. The molecule has 1 atom stereocenters. The summed E-state index contributed by atoms with van der Waals surface area (Å²) in [7, 11) is -0.765. The van der Waals surface area contributed by atoms with Crippen LogP contribution in [0, 0.1) is 0 Å². The van der Waals surface area contributed by atoms with Crippen LogP contribution >= 0.6 is 0 Å². The van der Waals surface area contributed by atoms with Crippen LogP contribution in [0.3, 0.4) is 0 Å². The maximum Gasteiger partial charge on any atom is 0.244 e. The molecule has 0 spiro atoms. The Balaban J connectivity index is 2.22. The van der Waals surface area contributed by atoms with Gasteiger partial charge in [-0.25, -0.2) is 13.1 Å².